The predicted molar refractivity (Wildman–Crippen MR) is 116 cm³/mol. The highest BCUT2D eigenvalue weighted by atomic mass is 31.2. The second-order valence-corrected chi connectivity index (χ2v) is 9.01. The summed E-state index contributed by atoms with van der Waals surface area (Å²) in [4.78, 5) is 27.7. The van der Waals surface area contributed by atoms with Gasteiger partial charge in [0.15, 0.2) is 0 Å². The molecule has 0 spiro atoms. The van der Waals surface area contributed by atoms with Crippen molar-refractivity contribution >= 4 is 25.5 Å². The van der Waals surface area contributed by atoms with E-state index in [0.29, 0.717) is 11.3 Å². The van der Waals surface area contributed by atoms with Crippen LogP contribution in [0.1, 0.15) is 31.0 Å². The highest BCUT2D eigenvalue weighted by molar-refractivity contribution is 7.53. The van der Waals surface area contributed by atoms with Crippen molar-refractivity contribution in [2.45, 2.75) is 32.8 Å². The molecule has 174 valence electrons. The summed E-state index contributed by atoms with van der Waals surface area (Å²) in [6.07, 6.45) is 0.265. The first-order chi connectivity index (χ1) is 15.3. The Hall–Kier alpha value is -2.78. The van der Waals surface area contributed by atoms with E-state index >= 15 is 0 Å². The van der Waals surface area contributed by atoms with E-state index in [9.17, 15) is 19.3 Å². The quantitative estimate of drug-likeness (QED) is 0.167. The van der Waals surface area contributed by atoms with E-state index in [1.165, 1.54) is 6.07 Å². The number of nitrogens with one attached hydrogen (secondary N) is 1. The van der Waals surface area contributed by atoms with E-state index in [1.807, 2.05) is 6.92 Å². The first kappa shape index (κ1) is 25.5. The fourth-order valence-electron chi connectivity index (χ4n) is 2.72. The van der Waals surface area contributed by atoms with Crippen molar-refractivity contribution in [3.8, 4) is 0 Å². The van der Waals surface area contributed by atoms with Crippen LogP contribution in [0.15, 0.2) is 48.5 Å². The number of carboxylic acids is 1. The number of hydrogen-bond donors (Lipinski definition) is 3. The number of unbranched alkanes of at least 4 members (excludes halogenated alkanes) is 1. The van der Waals surface area contributed by atoms with Gasteiger partial charge in [-0.1, -0.05) is 49.7 Å². The average molecular weight is 466 g/mol. The van der Waals surface area contributed by atoms with E-state index < -0.39 is 31.7 Å². The molecule has 0 aliphatic heterocycles. The molecule has 0 fully saturated rings. The highest BCUT2D eigenvalue weighted by Gasteiger charge is 2.34. The van der Waals surface area contributed by atoms with Gasteiger partial charge in [0.2, 0.25) is 0 Å². The zero-order valence-corrected chi connectivity index (χ0v) is 18.6. The van der Waals surface area contributed by atoms with Crippen LogP contribution < -0.4 is 5.32 Å². The number of ether oxygens (including phenoxy) is 1. The molecular formula is C21H27N2O8P. The van der Waals surface area contributed by atoms with Gasteiger partial charge in [-0.2, -0.15) is 4.67 Å². The first-order valence-corrected chi connectivity index (χ1v) is 11.8. The number of aliphatic carboxylic acids is 1. The van der Waals surface area contributed by atoms with Crippen molar-refractivity contribution < 1.29 is 38.5 Å². The summed E-state index contributed by atoms with van der Waals surface area (Å²) >= 11 is 0. The molecule has 1 aromatic heterocycles. The van der Waals surface area contributed by atoms with Gasteiger partial charge in [0.25, 0.3) is 0 Å². The van der Waals surface area contributed by atoms with E-state index in [-0.39, 0.29) is 25.5 Å². The summed E-state index contributed by atoms with van der Waals surface area (Å²) in [6, 6.07) is 13.5. The molecule has 2 atom stereocenters. The Morgan fingerprint density at radius 2 is 1.91 bits per heavy atom. The minimum Gasteiger partial charge on any atom is -0.481 e. The SMILES string of the molecule is CCCCOC(=O)Nc1cccc(CC(CP(=O)(OO)OCc2ccccc2)C(=O)O)n1. The molecular weight excluding hydrogens is 439 g/mol. The fraction of sp³-hybridized carbons (Fsp3) is 0.381. The second kappa shape index (κ2) is 12.9. The normalized spacial score (nSPS) is 13.7. The molecule has 0 saturated heterocycles. The number of amides is 1. The molecule has 1 amide bonds. The monoisotopic (exact) mass is 466 g/mol. The van der Waals surface area contributed by atoms with Gasteiger partial charge in [0.05, 0.1) is 25.3 Å². The molecule has 2 unspecified atom stereocenters. The second-order valence-electron chi connectivity index (χ2n) is 7.00. The minimum absolute atomic E-state index is 0.122. The van der Waals surface area contributed by atoms with Gasteiger partial charge in [-0.05, 0) is 24.1 Å². The Balaban J connectivity index is 2.02. The third-order valence-electron chi connectivity index (χ3n) is 4.41. The summed E-state index contributed by atoms with van der Waals surface area (Å²) < 4.78 is 27.1. The van der Waals surface area contributed by atoms with Crippen LogP contribution in [0.5, 0.6) is 0 Å². The molecule has 1 aromatic carbocycles. The largest absolute Gasteiger partial charge is 0.481 e. The lowest BCUT2D eigenvalue weighted by atomic mass is 10.1. The Labute approximate surface area is 186 Å². The van der Waals surface area contributed by atoms with Crippen LogP contribution in [-0.2, 0) is 36.3 Å². The van der Waals surface area contributed by atoms with Gasteiger partial charge in [-0.15, -0.1) is 0 Å². The molecule has 0 radical (unpaired) electrons. The maximum Gasteiger partial charge on any atom is 0.412 e. The minimum atomic E-state index is -4.11. The van der Waals surface area contributed by atoms with Crippen molar-refractivity contribution in [3.05, 3.63) is 59.8 Å². The van der Waals surface area contributed by atoms with Gasteiger partial charge in [-0.25, -0.2) is 15.0 Å². The molecule has 2 rings (SSSR count). The number of carbonyl (C=O) groups excluding carboxylic acids is 1. The van der Waals surface area contributed by atoms with Crippen LogP contribution >= 0.6 is 7.60 Å². The number of anilines is 1. The lowest BCUT2D eigenvalue weighted by molar-refractivity contribution is -0.152. The summed E-state index contributed by atoms with van der Waals surface area (Å²) in [5, 5.41) is 21.2. The lowest BCUT2D eigenvalue weighted by Crippen LogP contribution is -2.22. The number of pyridine rings is 1. The number of nitrogens with zero attached hydrogens (tertiary/aromatic N) is 1. The Morgan fingerprint density at radius 3 is 2.56 bits per heavy atom. The van der Waals surface area contributed by atoms with Crippen molar-refractivity contribution in [2.75, 3.05) is 18.1 Å². The third kappa shape index (κ3) is 8.76. The molecule has 3 N–H and O–H groups in total. The Kier molecular flexibility index (Phi) is 10.3. The lowest BCUT2D eigenvalue weighted by Gasteiger charge is -2.19. The van der Waals surface area contributed by atoms with Gasteiger partial charge < -0.3 is 14.4 Å². The number of aromatic nitrogens is 1. The zero-order valence-electron chi connectivity index (χ0n) is 17.7. The number of hydrogen-bond acceptors (Lipinski definition) is 8. The number of carbonyl (C=O) groups is 2. The topological polar surface area (TPSA) is 144 Å². The van der Waals surface area contributed by atoms with Crippen LogP contribution in [0.2, 0.25) is 0 Å². The maximum atomic E-state index is 12.7. The van der Waals surface area contributed by atoms with Gasteiger partial charge in [0, 0.05) is 12.1 Å². The molecule has 0 saturated carbocycles. The molecule has 11 heteroatoms. The molecule has 2 aromatic rings. The highest BCUT2D eigenvalue weighted by Crippen LogP contribution is 2.50. The third-order valence-corrected chi connectivity index (χ3v) is 6.07. The summed E-state index contributed by atoms with van der Waals surface area (Å²) in [5.41, 5.74) is 1.01. The van der Waals surface area contributed by atoms with E-state index in [0.717, 1.165) is 12.8 Å². The summed E-state index contributed by atoms with van der Waals surface area (Å²) in [5.74, 6) is -2.29. The Morgan fingerprint density at radius 1 is 1.16 bits per heavy atom. The van der Waals surface area contributed by atoms with Crippen LogP contribution in [0.25, 0.3) is 0 Å². The molecule has 10 nitrogen and oxygen atoms in total. The molecule has 0 aliphatic rings. The van der Waals surface area contributed by atoms with Gasteiger partial charge in [0.1, 0.15) is 5.82 Å². The molecule has 0 bridgehead atoms. The van der Waals surface area contributed by atoms with Crippen molar-refractivity contribution in [2.24, 2.45) is 5.92 Å². The van der Waals surface area contributed by atoms with Crippen molar-refractivity contribution in [3.63, 3.8) is 0 Å². The number of carboxylic acid groups (broad SMARTS) is 1. The van der Waals surface area contributed by atoms with Gasteiger partial charge >= 0.3 is 19.7 Å². The van der Waals surface area contributed by atoms with Crippen LogP contribution in [0.4, 0.5) is 10.6 Å². The van der Waals surface area contributed by atoms with Crippen molar-refractivity contribution in [1.29, 1.82) is 0 Å². The predicted octanol–water partition coefficient (Wildman–Crippen LogP) is 4.57. The Bertz CT molecular complexity index is 925. The average Bonchev–Trinajstić information content (AvgIpc) is 2.78. The van der Waals surface area contributed by atoms with Crippen molar-refractivity contribution in [1.82, 2.24) is 4.98 Å². The summed E-state index contributed by atoms with van der Waals surface area (Å²) in [7, 11) is -4.11. The van der Waals surface area contributed by atoms with E-state index in [2.05, 4.69) is 15.0 Å². The van der Waals surface area contributed by atoms with Crippen LogP contribution in [0, 0.1) is 5.92 Å². The van der Waals surface area contributed by atoms with Crippen LogP contribution in [-0.4, -0.2) is 40.2 Å². The smallest absolute Gasteiger partial charge is 0.412 e. The van der Waals surface area contributed by atoms with E-state index in [4.69, 9.17) is 14.5 Å². The molecule has 32 heavy (non-hydrogen) atoms. The fourth-order valence-corrected chi connectivity index (χ4v) is 4.11. The maximum absolute atomic E-state index is 12.7. The summed E-state index contributed by atoms with van der Waals surface area (Å²) in [6.45, 7) is 2.13. The first-order valence-electron chi connectivity index (χ1n) is 10.1. The zero-order chi connectivity index (χ0) is 23.4. The van der Waals surface area contributed by atoms with E-state index in [1.54, 1.807) is 42.5 Å². The van der Waals surface area contributed by atoms with Gasteiger partial charge in [-0.3, -0.25) is 14.7 Å². The number of rotatable bonds is 13. The molecule has 1 heterocycles. The van der Waals surface area contributed by atoms with Crippen LogP contribution in [0.3, 0.4) is 0 Å². The number of benzene rings is 1. The standard InChI is InChI=1S/C21H27N2O8P/c1-2-3-12-29-21(26)23-19-11-7-10-18(22-19)13-17(20(24)25)15-32(28,31-27)30-14-16-8-5-4-6-9-16/h4-11,17,27H,2-3,12-15H2,1H3,(H,24,25)(H,22,23,26). The molecule has 0 aliphatic carbocycles.